The minimum atomic E-state index is -0.546. The van der Waals surface area contributed by atoms with Crippen LogP contribution in [0.3, 0.4) is 0 Å². The molecule has 0 aliphatic carbocycles. The summed E-state index contributed by atoms with van der Waals surface area (Å²) in [4.78, 5) is 22.2. The van der Waals surface area contributed by atoms with Crippen LogP contribution in [0.15, 0.2) is 36.8 Å². The molecule has 1 aliphatic heterocycles. The van der Waals surface area contributed by atoms with Crippen molar-refractivity contribution in [2.75, 3.05) is 38.5 Å². The summed E-state index contributed by atoms with van der Waals surface area (Å²) < 4.78 is 31.8. The van der Waals surface area contributed by atoms with E-state index in [1.807, 2.05) is 25.3 Å². The number of hydrogen-bond acceptors (Lipinski definition) is 7. The summed E-state index contributed by atoms with van der Waals surface area (Å²) in [5.41, 5.74) is 2.57. The zero-order valence-electron chi connectivity index (χ0n) is 23.2. The van der Waals surface area contributed by atoms with Crippen LogP contribution in [-0.4, -0.2) is 67.5 Å². The van der Waals surface area contributed by atoms with Crippen LogP contribution >= 0.6 is 0 Å². The Hall–Kier alpha value is -3.50. The van der Waals surface area contributed by atoms with E-state index in [9.17, 15) is 8.78 Å². The van der Waals surface area contributed by atoms with Gasteiger partial charge in [-0.3, -0.25) is 0 Å². The smallest absolute Gasteiger partial charge is 0.228 e. The normalized spacial score (nSPS) is 16.2. The van der Waals surface area contributed by atoms with Crippen molar-refractivity contribution in [1.29, 1.82) is 0 Å². The van der Waals surface area contributed by atoms with Gasteiger partial charge in [0.1, 0.15) is 23.0 Å². The molecule has 206 valence electrons. The molecule has 1 aliphatic rings. The number of aryl methyl sites for hydroxylation is 1. The molecule has 3 aromatic heterocycles. The van der Waals surface area contributed by atoms with E-state index in [0.717, 1.165) is 37.9 Å². The summed E-state index contributed by atoms with van der Waals surface area (Å²) in [6.07, 6.45) is 5.95. The number of rotatable bonds is 9. The van der Waals surface area contributed by atoms with Gasteiger partial charge in [-0.2, -0.15) is 0 Å². The Morgan fingerprint density at radius 3 is 2.54 bits per heavy atom. The minimum Gasteiger partial charge on any atom is -0.326 e. The van der Waals surface area contributed by atoms with Crippen molar-refractivity contribution in [3.63, 3.8) is 0 Å². The van der Waals surface area contributed by atoms with E-state index in [4.69, 9.17) is 0 Å². The zero-order valence-corrected chi connectivity index (χ0v) is 23.2. The lowest BCUT2D eigenvalue weighted by Gasteiger charge is -2.21. The third kappa shape index (κ3) is 5.91. The van der Waals surface area contributed by atoms with Gasteiger partial charge in [0.25, 0.3) is 0 Å². The standard InChI is InChI=1S/C29H36F2N8/c1-6-38-8-7-20(17-38)15-37(5)16-21-12-33-29(34-13-21)36-27-11-23(25(31)14-32-27)22-9-24(30)28-26(10-22)39(18(2)3)19(4)35-28/h9-14,18,20H,6-8,15-17H2,1-5H3,(H,32,33,34,36)/t20-/m1/s1. The highest BCUT2D eigenvalue weighted by Crippen LogP contribution is 2.32. The van der Waals surface area contributed by atoms with Crippen molar-refractivity contribution in [2.45, 2.75) is 46.7 Å². The molecule has 1 N–H and O–H groups in total. The van der Waals surface area contributed by atoms with E-state index < -0.39 is 11.6 Å². The van der Waals surface area contributed by atoms with Gasteiger partial charge in [-0.05, 0) is 77.0 Å². The van der Waals surface area contributed by atoms with Crippen LogP contribution in [-0.2, 0) is 6.54 Å². The molecular formula is C29H36F2N8. The number of fused-ring (bicyclic) bond motifs is 1. The number of benzene rings is 1. The first-order chi connectivity index (χ1) is 18.7. The number of hydrogen-bond donors (Lipinski definition) is 1. The lowest BCUT2D eigenvalue weighted by Crippen LogP contribution is -2.28. The van der Waals surface area contributed by atoms with Crippen LogP contribution < -0.4 is 5.32 Å². The van der Waals surface area contributed by atoms with Crippen molar-refractivity contribution in [2.24, 2.45) is 5.92 Å². The summed E-state index contributed by atoms with van der Waals surface area (Å²) in [6.45, 7) is 13.3. The quantitative estimate of drug-likeness (QED) is 0.301. The maximum Gasteiger partial charge on any atom is 0.228 e. The number of halogens is 2. The van der Waals surface area contributed by atoms with E-state index >= 15 is 0 Å². The highest BCUT2D eigenvalue weighted by atomic mass is 19.1. The van der Waals surface area contributed by atoms with Crippen LogP contribution in [0.4, 0.5) is 20.5 Å². The predicted octanol–water partition coefficient (Wildman–Crippen LogP) is 5.57. The van der Waals surface area contributed by atoms with E-state index in [2.05, 4.69) is 49.0 Å². The van der Waals surface area contributed by atoms with Crippen LogP contribution in [0.2, 0.25) is 0 Å². The van der Waals surface area contributed by atoms with Gasteiger partial charge in [-0.1, -0.05) is 6.92 Å². The van der Waals surface area contributed by atoms with Gasteiger partial charge in [0, 0.05) is 49.2 Å². The first-order valence-electron chi connectivity index (χ1n) is 13.5. The Balaban J connectivity index is 1.30. The number of aromatic nitrogens is 5. The lowest BCUT2D eigenvalue weighted by molar-refractivity contribution is 0.260. The molecule has 0 spiro atoms. The second kappa shape index (κ2) is 11.3. The molecule has 0 unspecified atom stereocenters. The van der Waals surface area contributed by atoms with E-state index in [0.29, 0.717) is 34.6 Å². The Kier molecular flexibility index (Phi) is 7.86. The Morgan fingerprint density at radius 2 is 1.85 bits per heavy atom. The number of imidazole rings is 1. The molecule has 1 fully saturated rings. The molecule has 1 atom stereocenters. The second-order valence-corrected chi connectivity index (χ2v) is 10.8. The number of nitrogens with one attached hydrogen (secondary N) is 1. The average Bonchev–Trinajstić information content (AvgIpc) is 3.49. The lowest BCUT2D eigenvalue weighted by atomic mass is 10.0. The van der Waals surface area contributed by atoms with Gasteiger partial charge < -0.3 is 19.7 Å². The number of nitrogens with zero attached hydrogens (tertiary/aromatic N) is 7. The van der Waals surface area contributed by atoms with Crippen LogP contribution in [0, 0.1) is 24.5 Å². The van der Waals surface area contributed by atoms with Gasteiger partial charge in [0.2, 0.25) is 5.95 Å². The third-order valence-electron chi connectivity index (χ3n) is 7.39. The van der Waals surface area contributed by atoms with Crippen LogP contribution in [0.25, 0.3) is 22.2 Å². The number of pyridine rings is 1. The van der Waals surface area contributed by atoms with E-state index in [-0.39, 0.29) is 17.1 Å². The molecule has 0 radical (unpaired) electrons. The van der Waals surface area contributed by atoms with E-state index in [1.54, 1.807) is 24.5 Å². The maximum atomic E-state index is 15.0. The number of likely N-dealkylation sites (tertiary alicyclic amines) is 1. The van der Waals surface area contributed by atoms with Crippen molar-refractivity contribution in [1.82, 2.24) is 34.3 Å². The minimum absolute atomic E-state index is 0.0817. The fourth-order valence-corrected chi connectivity index (χ4v) is 5.59. The zero-order chi connectivity index (χ0) is 27.7. The summed E-state index contributed by atoms with van der Waals surface area (Å²) in [5, 5.41) is 3.05. The molecule has 5 rings (SSSR count). The topological polar surface area (TPSA) is 75.0 Å². The summed E-state index contributed by atoms with van der Waals surface area (Å²) in [6, 6.07) is 4.71. The molecule has 1 aromatic carbocycles. The molecule has 0 amide bonds. The molecule has 0 bridgehead atoms. The van der Waals surface area contributed by atoms with Crippen molar-refractivity contribution < 1.29 is 8.78 Å². The summed E-state index contributed by atoms with van der Waals surface area (Å²) in [5.74, 6) is 1.09. The van der Waals surface area contributed by atoms with Gasteiger partial charge in [0.15, 0.2) is 5.82 Å². The molecule has 4 aromatic rings. The van der Waals surface area contributed by atoms with Crippen LogP contribution in [0.5, 0.6) is 0 Å². The van der Waals surface area contributed by atoms with Crippen molar-refractivity contribution >= 4 is 22.8 Å². The van der Waals surface area contributed by atoms with Crippen molar-refractivity contribution in [3.8, 4) is 11.1 Å². The second-order valence-electron chi connectivity index (χ2n) is 10.8. The molecule has 4 heterocycles. The highest BCUT2D eigenvalue weighted by Gasteiger charge is 2.22. The molecule has 10 heteroatoms. The first kappa shape index (κ1) is 27.1. The monoisotopic (exact) mass is 534 g/mol. The Bertz CT molecular complexity index is 1450. The largest absolute Gasteiger partial charge is 0.326 e. The highest BCUT2D eigenvalue weighted by molar-refractivity contribution is 5.84. The Morgan fingerprint density at radius 1 is 1.08 bits per heavy atom. The molecule has 0 saturated carbocycles. The fourth-order valence-electron chi connectivity index (χ4n) is 5.59. The average molecular weight is 535 g/mol. The van der Waals surface area contributed by atoms with Gasteiger partial charge in [-0.25, -0.2) is 28.7 Å². The molecule has 8 nitrogen and oxygen atoms in total. The SMILES string of the molecule is CCN1CC[C@H](CN(C)Cc2cnc(Nc3cc(-c4cc(F)c5nc(C)n(C(C)C)c5c4)c(F)cn3)nc2)C1. The molecular weight excluding hydrogens is 498 g/mol. The predicted molar refractivity (Wildman–Crippen MR) is 150 cm³/mol. The van der Waals surface area contributed by atoms with Crippen LogP contribution in [0.1, 0.15) is 44.6 Å². The third-order valence-corrected chi connectivity index (χ3v) is 7.39. The maximum absolute atomic E-state index is 15.0. The van der Waals surface area contributed by atoms with Gasteiger partial charge >= 0.3 is 0 Å². The Labute approximate surface area is 228 Å². The van der Waals surface area contributed by atoms with Gasteiger partial charge in [-0.15, -0.1) is 0 Å². The number of anilines is 2. The molecule has 1 saturated heterocycles. The molecule has 39 heavy (non-hydrogen) atoms. The summed E-state index contributed by atoms with van der Waals surface area (Å²) >= 11 is 0. The summed E-state index contributed by atoms with van der Waals surface area (Å²) in [7, 11) is 2.13. The van der Waals surface area contributed by atoms with E-state index in [1.165, 1.54) is 19.0 Å². The van der Waals surface area contributed by atoms with Gasteiger partial charge in [0.05, 0.1) is 11.7 Å². The first-order valence-corrected chi connectivity index (χ1v) is 13.5. The fraction of sp³-hybridized carbons (Fsp3) is 0.448. The van der Waals surface area contributed by atoms with Crippen molar-refractivity contribution in [3.05, 3.63) is 59.8 Å².